The van der Waals surface area contributed by atoms with Crippen LogP contribution in [0.15, 0.2) is 40.9 Å². The van der Waals surface area contributed by atoms with Gasteiger partial charge in [0.05, 0.1) is 5.56 Å². The summed E-state index contributed by atoms with van der Waals surface area (Å²) in [5.74, 6) is 1.21. The number of nitrogens with zero attached hydrogens (tertiary/aromatic N) is 3. The standard InChI is InChI=1S/C19H20N4O2/c1-13-21-16-8-7-14(12-17(16)25-13)22-19(24)15-6-5-9-20-18(15)23-10-3-2-4-11-23/h5-9,12H,2-4,10-11H2,1H3,(H,22,24). The highest BCUT2D eigenvalue weighted by molar-refractivity contribution is 6.08. The second kappa shape index (κ2) is 6.55. The van der Waals surface area contributed by atoms with E-state index in [1.54, 1.807) is 25.3 Å². The third-order valence-electron chi connectivity index (χ3n) is 4.44. The van der Waals surface area contributed by atoms with Gasteiger partial charge in [0.25, 0.3) is 5.91 Å². The van der Waals surface area contributed by atoms with Crippen molar-refractivity contribution >= 4 is 28.5 Å². The van der Waals surface area contributed by atoms with Crippen LogP contribution in [-0.2, 0) is 0 Å². The summed E-state index contributed by atoms with van der Waals surface area (Å²) >= 11 is 0. The summed E-state index contributed by atoms with van der Waals surface area (Å²) in [6.07, 6.45) is 5.25. The topological polar surface area (TPSA) is 71.3 Å². The summed E-state index contributed by atoms with van der Waals surface area (Å²) in [5.41, 5.74) is 2.73. The molecule has 0 radical (unpaired) electrons. The lowest BCUT2D eigenvalue weighted by Crippen LogP contribution is -2.32. The predicted octanol–water partition coefficient (Wildman–Crippen LogP) is 3.77. The maximum absolute atomic E-state index is 12.8. The zero-order valence-corrected chi connectivity index (χ0v) is 14.2. The van der Waals surface area contributed by atoms with Gasteiger partial charge in [-0.15, -0.1) is 0 Å². The Morgan fingerprint density at radius 3 is 2.88 bits per heavy atom. The molecular weight excluding hydrogens is 316 g/mol. The molecular formula is C19H20N4O2. The van der Waals surface area contributed by atoms with E-state index in [4.69, 9.17) is 4.42 Å². The van der Waals surface area contributed by atoms with E-state index in [2.05, 4.69) is 20.2 Å². The maximum Gasteiger partial charge on any atom is 0.259 e. The van der Waals surface area contributed by atoms with Gasteiger partial charge in [0, 0.05) is 38.0 Å². The van der Waals surface area contributed by atoms with Gasteiger partial charge in [-0.1, -0.05) is 0 Å². The van der Waals surface area contributed by atoms with E-state index < -0.39 is 0 Å². The Bertz CT molecular complexity index is 913. The van der Waals surface area contributed by atoms with E-state index in [-0.39, 0.29) is 5.91 Å². The number of oxazole rings is 1. The molecule has 0 saturated carbocycles. The van der Waals surface area contributed by atoms with Crippen molar-refractivity contribution in [2.45, 2.75) is 26.2 Å². The van der Waals surface area contributed by atoms with Crippen molar-refractivity contribution in [3.05, 3.63) is 48.0 Å². The molecule has 128 valence electrons. The molecule has 1 N–H and O–H groups in total. The van der Waals surface area contributed by atoms with Gasteiger partial charge >= 0.3 is 0 Å². The monoisotopic (exact) mass is 336 g/mol. The summed E-state index contributed by atoms with van der Waals surface area (Å²) in [6, 6.07) is 9.09. The molecule has 6 nitrogen and oxygen atoms in total. The highest BCUT2D eigenvalue weighted by atomic mass is 16.3. The first kappa shape index (κ1) is 15.6. The zero-order valence-electron chi connectivity index (χ0n) is 14.2. The fourth-order valence-corrected chi connectivity index (χ4v) is 3.25. The van der Waals surface area contributed by atoms with Gasteiger partial charge in [-0.2, -0.15) is 0 Å². The number of hydrogen-bond donors (Lipinski definition) is 1. The van der Waals surface area contributed by atoms with E-state index in [0.717, 1.165) is 37.3 Å². The molecule has 0 bridgehead atoms. The molecule has 25 heavy (non-hydrogen) atoms. The van der Waals surface area contributed by atoms with Gasteiger partial charge < -0.3 is 14.6 Å². The molecule has 2 aromatic heterocycles. The van der Waals surface area contributed by atoms with Crippen LogP contribution in [0.5, 0.6) is 0 Å². The van der Waals surface area contributed by atoms with Gasteiger partial charge in [-0.25, -0.2) is 9.97 Å². The number of benzene rings is 1. The molecule has 1 aliphatic heterocycles. The van der Waals surface area contributed by atoms with Gasteiger partial charge in [0.2, 0.25) is 0 Å². The molecule has 0 spiro atoms. The highest BCUT2D eigenvalue weighted by Crippen LogP contribution is 2.24. The molecule has 1 aliphatic rings. The number of carbonyl (C=O) groups excluding carboxylic acids is 1. The van der Waals surface area contributed by atoms with Crippen molar-refractivity contribution in [2.24, 2.45) is 0 Å². The fraction of sp³-hybridized carbons (Fsp3) is 0.316. The predicted molar refractivity (Wildman–Crippen MR) is 97.0 cm³/mol. The highest BCUT2D eigenvalue weighted by Gasteiger charge is 2.19. The molecule has 1 fully saturated rings. The smallest absolute Gasteiger partial charge is 0.259 e. The number of hydrogen-bond acceptors (Lipinski definition) is 5. The van der Waals surface area contributed by atoms with E-state index in [9.17, 15) is 4.79 Å². The van der Waals surface area contributed by atoms with Crippen LogP contribution in [0.4, 0.5) is 11.5 Å². The van der Waals surface area contributed by atoms with Crippen LogP contribution in [0.1, 0.15) is 35.5 Å². The lowest BCUT2D eigenvalue weighted by atomic mass is 10.1. The maximum atomic E-state index is 12.8. The number of rotatable bonds is 3. The number of anilines is 2. The van der Waals surface area contributed by atoms with Crippen molar-refractivity contribution in [3.63, 3.8) is 0 Å². The molecule has 3 aromatic rings. The first-order chi connectivity index (χ1) is 12.2. The Kier molecular flexibility index (Phi) is 4.09. The Morgan fingerprint density at radius 2 is 2.04 bits per heavy atom. The minimum atomic E-state index is -0.163. The van der Waals surface area contributed by atoms with Gasteiger partial charge in [0.15, 0.2) is 11.5 Å². The van der Waals surface area contributed by atoms with Crippen LogP contribution in [0.25, 0.3) is 11.1 Å². The molecule has 3 heterocycles. The number of fused-ring (bicyclic) bond motifs is 1. The normalized spacial score (nSPS) is 14.7. The Balaban J connectivity index is 1.59. The summed E-state index contributed by atoms with van der Waals surface area (Å²) in [7, 11) is 0. The van der Waals surface area contributed by atoms with Crippen molar-refractivity contribution < 1.29 is 9.21 Å². The van der Waals surface area contributed by atoms with Crippen LogP contribution in [-0.4, -0.2) is 29.0 Å². The van der Waals surface area contributed by atoms with E-state index in [0.29, 0.717) is 22.7 Å². The van der Waals surface area contributed by atoms with Crippen LogP contribution >= 0.6 is 0 Å². The molecule has 0 unspecified atom stereocenters. The molecule has 0 aliphatic carbocycles. The van der Waals surface area contributed by atoms with Gasteiger partial charge in [0.1, 0.15) is 11.3 Å². The number of aryl methyl sites for hydroxylation is 1. The summed E-state index contributed by atoms with van der Waals surface area (Å²) < 4.78 is 5.53. The third kappa shape index (κ3) is 3.20. The Hall–Kier alpha value is -2.89. The average Bonchev–Trinajstić information content (AvgIpc) is 3.02. The number of carbonyl (C=O) groups is 1. The van der Waals surface area contributed by atoms with Crippen LogP contribution < -0.4 is 10.2 Å². The minimum Gasteiger partial charge on any atom is -0.441 e. The lowest BCUT2D eigenvalue weighted by Gasteiger charge is -2.29. The van der Waals surface area contributed by atoms with Crippen molar-refractivity contribution in [3.8, 4) is 0 Å². The van der Waals surface area contributed by atoms with Crippen molar-refractivity contribution in [1.82, 2.24) is 9.97 Å². The fourth-order valence-electron chi connectivity index (χ4n) is 3.25. The van der Waals surface area contributed by atoms with Gasteiger partial charge in [-0.05, 0) is 43.5 Å². The zero-order chi connectivity index (χ0) is 17.2. The summed E-state index contributed by atoms with van der Waals surface area (Å²) in [6.45, 7) is 3.69. The number of nitrogens with one attached hydrogen (secondary N) is 1. The van der Waals surface area contributed by atoms with Crippen molar-refractivity contribution in [1.29, 1.82) is 0 Å². The molecule has 6 heteroatoms. The number of amides is 1. The second-order valence-corrected chi connectivity index (χ2v) is 6.29. The Labute approximate surface area is 145 Å². The quantitative estimate of drug-likeness (QED) is 0.788. The van der Waals surface area contributed by atoms with E-state index in [1.165, 1.54) is 6.42 Å². The minimum absolute atomic E-state index is 0.163. The van der Waals surface area contributed by atoms with Gasteiger partial charge in [-0.3, -0.25) is 4.79 Å². The molecule has 0 atom stereocenters. The molecule has 1 aromatic carbocycles. The SMILES string of the molecule is Cc1nc2ccc(NC(=O)c3cccnc3N3CCCCC3)cc2o1. The first-order valence-electron chi connectivity index (χ1n) is 8.59. The summed E-state index contributed by atoms with van der Waals surface area (Å²) in [4.78, 5) is 23.7. The lowest BCUT2D eigenvalue weighted by molar-refractivity contribution is 0.102. The average molecular weight is 336 g/mol. The summed E-state index contributed by atoms with van der Waals surface area (Å²) in [5, 5.41) is 2.95. The van der Waals surface area contributed by atoms with Crippen LogP contribution in [0, 0.1) is 6.92 Å². The van der Waals surface area contributed by atoms with Crippen LogP contribution in [0.3, 0.4) is 0 Å². The largest absolute Gasteiger partial charge is 0.441 e. The Morgan fingerprint density at radius 1 is 1.20 bits per heavy atom. The molecule has 4 rings (SSSR count). The number of aromatic nitrogens is 2. The van der Waals surface area contributed by atoms with Crippen LogP contribution in [0.2, 0.25) is 0 Å². The number of pyridine rings is 1. The third-order valence-corrected chi connectivity index (χ3v) is 4.44. The first-order valence-corrected chi connectivity index (χ1v) is 8.59. The van der Waals surface area contributed by atoms with E-state index in [1.807, 2.05) is 18.2 Å². The second-order valence-electron chi connectivity index (χ2n) is 6.29. The molecule has 1 saturated heterocycles. The number of piperidine rings is 1. The van der Waals surface area contributed by atoms with E-state index >= 15 is 0 Å². The molecule has 1 amide bonds. The van der Waals surface area contributed by atoms with Crippen molar-refractivity contribution in [2.75, 3.05) is 23.3 Å².